The van der Waals surface area contributed by atoms with Gasteiger partial charge in [0.1, 0.15) is 0 Å². The number of nitrogens with zero attached hydrogens (tertiary/aromatic N) is 3. The standard InChI is InChI=1S/C20H23N3O/c1-22(20(24)10-9-17-11-13-21-14-12-17)19-8-5-15-23(16-19)18-6-3-2-4-7-18/h2-4,6-7,9-14,19H,5,8,15-16H2,1H3. The molecule has 2 heterocycles. The van der Waals surface area contributed by atoms with Gasteiger partial charge in [-0.15, -0.1) is 0 Å². The van der Waals surface area contributed by atoms with Crippen LogP contribution >= 0.6 is 0 Å². The minimum Gasteiger partial charge on any atom is -0.369 e. The van der Waals surface area contributed by atoms with E-state index in [4.69, 9.17) is 0 Å². The van der Waals surface area contributed by atoms with E-state index in [1.165, 1.54) is 5.69 Å². The molecule has 3 rings (SSSR count). The van der Waals surface area contributed by atoms with Crippen LogP contribution in [0.15, 0.2) is 60.9 Å². The fourth-order valence-electron chi connectivity index (χ4n) is 3.08. The third kappa shape index (κ3) is 4.02. The molecule has 0 spiro atoms. The zero-order valence-corrected chi connectivity index (χ0v) is 14.0. The van der Waals surface area contributed by atoms with Gasteiger partial charge in [0, 0.05) is 50.3 Å². The molecule has 1 aliphatic heterocycles. The lowest BCUT2D eigenvalue weighted by molar-refractivity contribution is -0.126. The Morgan fingerprint density at radius 3 is 2.71 bits per heavy atom. The molecule has 1 amide bonds. The van der Waals surface area contributed by atoms with Crippen LogP contribution in [0.4, 0.5) is 5.69 Å². The van der Waals surface area contributed by atoms with Crippen LogP contribution in [0.2, 0.25) is 0 Å². The molecule has 1 aromatic heterocycles. The molecule has 0 N–H and O–H groups in total. The predicted molar refractivity (Wildman–Crippen MR) is 97.7 cm³/mol. The van der Waals surface area contributed by atoms with Crippen LogP contribution < -0.4 is 4.90 Å². The zero-order valence-electron chi connectivity index (χ0n) is 14.0. The average molecular weight is 321 g/mol. The number of likely N-dealkylation sites (N-methyl/N-ethyl adjacent to an activating group) is 1. The highest BCUT2D eigenvalue weighted by Crippen LogP contribution is 2.22. The van der Waals surface area contributed by atoms with Crippen LogP contribution in [0, 0.1) is 0 Å². The molecule has 0 bridgehead atoms. The summed E-state index contributed by atoms with van der Waals surface area (Å²) in [5.41, 5.74) is 2.22. The van der Waals surface area contributed by atoms with E-state index in [2.05, 4.69) is 34.1 Å². The topological polar surface area (TPSA) is 36.4 Å². The van der Waals surface area contributed by atoms with E-state index in [9.17, 15) is 4.79 Å². The van der Waals surface area contributed by atoms with E-state index < -0.39 is 0 Å². The van der Waals surface area contributed by atoms with Gasteiger partial charge in [0.15, 0.2) is 0 Å². The number of hydrogen-bond acceptors (Lipinski definition) is 3. The van der Waals surface area contributed by atoms with Crippen molar-refractivity contribution in [3.05, 3.63) is 66.5 Å². The summed E-state index contributed by atoms with van der Waals surface area (Å²) >= 11 is 0. The van der Waals surface area contributed by atoms with Gasteiger partial charge >= 0.3 is 0 Å². The Morgan fingerprint density at radius 1 is 1.21 bits per heavy atom. The first-order chi connectivity index (χ1) is 11.7. The molecule has 24 heavy (non-hydrogen) atoms. The van der Waals surface area contributed by atoms with Gasteiger partial charge < -0.3 is 9.80 Å². The van der Waals surface area contributed by atoms with E-state index in [1.54, 1.807) is 18.5 Å². The van der Waals surface area contributed by atoms with Crippen LogP contribution in [0.25, 0.3) is 6.08 Å². The van der Waals surface area contributed by atoms with Crippen molar-refractivity contribution in [1.29, 1.82) is 0 Å². The lowest BCUT2D eigenvalue weighted by atomic mass is 10.0. The number of carbonyl (C=O) groups excluding carboxylic acids is 1. The van der Waals surface area contributed by atoms with Crippen LogP contribution in [0.3, 0.4) is 0 Å². The molecule has 4 heteroatoms. The van der Waals surface area contributed by atoms with Crippen molar-refractivity contribution >= 4 is 17.7 Å². The number of pyridine rings is 1. The zero-order chi connectivity index (χ0) is 16.8. The van der Waals surface area contributed by atoms with Gasteiger partial charge in [-0.05, 0) is 48.7 Å². The summed E-state index contributed by atoms with van der Waals surface area (Å²) in [4.78, 5) is 20.7. The molecule has 2 aromatic rings. The molecule has 0 saturated carbocycles. The van der Waals surface area contributed by atoms with Crippen molar-refractivity contribution in [1.82, 2.24) is 9.88 Å². The number of benzene rings is 1. The smallest absolute Gasteiger partial charge is 0.246 e. The number of aromatic nitrogens is 1. The van der Waals surface area contributed by atoms with E-state index in [1.807, 2.05) is 36.2 Å². The number of amides is 1. The summed E-state index contributed by atoms with van der Waals surface area (Å²) in [5, 5.41) is 0. The highest BCUT2D eigenvalue weighted by molar-refractivity contribution is 5.91. The molecular weight excluding hydrogens is 298 g/mol. The summed E-state index contributed by atoms with van der Waals surface area (Å²) in [6.07, 6.45) is 9.11. The monoisotopic (exact) mass is 321 g/mol. The van der Waals surface area contributed by atoms with Gasteiger partial charge in [-0.25, -0.2) is 0 Å². The van der Waals surface area contributed by atoms with Crippen molar-refractivity contribution < 1.29 is 4.79 Å². The quantitative estimate of drug-likeness (QED) is 0.811. The van der Waals surface area contributed by atoms with Gasteiger partial charge in [0.25, 0.3) is 0 Å². The molecule has 1 aromatic carbocycles. The lowest BCUT2D eigenvalue weighted by Gasteiger charge is -2.38. The summed E-state index contributed by atoms with van der Waals surface area (Å²) < 4.78 is 0. The Kier molecular flexibility index (Phi) is 5.26. The maximum absolute atomic E-state index is 12.5. The SMILES string of the molecule is CN(C(=O)C=Cc1ccncc1)C1CCCN(c2ccccc2)C1. The van der Waals surface area contributed by atoms with Gasteiger partial charge in [0.2, 0.25) is 5.91 Å². The fourth-order valence-corrected chi connectivity index (χ4v) is 3.08. The Hall–Kier alpha value is -2.62. The van der Waals surface area contributed by atoms with Crippen LogP contribution in [0.1, 0.15) is 18.4 Å². The Labute approximate surface area is 143 Å². The first-order valence-electron chi connectivity index (χ1n) is 8.39. The van der Waals surface area contributed by atoms with Gasteiger partial charge in [0.05, 0.1) is 0 Å². The van der Waals surface area contributed by atoms with Crippen molar-refractivity contribution in [2.45, 2.75) is 18.9 Å². The molecule has 1 aliphatic rings. The number of anilines is 1. The van der Waals surface area contributed by atoms with Crippen molar-refractivity contribution in [2.24, 2.45) is 0 Å². The highest BCUT2D eigenvalue weighted by atomic mass is 16.2. The maximum atomic E-state index is 12.5. The predicted octanol–water partition coefficient (Wildman–Crippen LogP) is 3.22. The van der Waals surface area contributed by atoms with Crippen LogP contribution in [0.5, 0.6) is 0 Å². The van der Waals surface area contributed by atoms with Gasteiger partial charge in [-0.3, -0.25) is 9.78 Å². The molecule has 0 aliphatic carbocycles. The Bertz CT molecular complexity index is 685. The highest BCUT2D eigenvalue weighted by Gasteiger charge is 2.25. The Balaban J connectivity index is 1.62. The van der Waals surface area contributed by atoms with Crippen LogP contribution in [-0.4, -0.2) is 42.0 Å². The number of hydrogen-bond donors (Lipinski definition) is 0. The molecule has 1 unspecified atom stereocenters. The summed E-state index contributed by atoms with van der Waals surface area (Å²) in [5.74, 6) is 0.0479. The minimum atomic E-state index is 0.0479. The number of rotatable bonds is 4. The maximum Gasteiger partial charge on any atom is 0.246 e. The van der Waals surface area contributed by atoms with Crippen molar-refractivity contribution in [2.75, 3.05) is 25.0 Å². The molecular formula is C20H23N3O. The summed E-state index contributed by atoms with van der Waals surface area (Å²) in [7, 11) is 1.90. The molecule has 124 valence electrons. The van der Waals surface area contributed by atoms with E-state index in [0.717, 1.165) is 31.5 Å². The fraction of sp³-hybridized carbons (Fsp3) is 0.300. The summed E-state index contributed by atoms with van der Waals surface area (Å²) in [6, 6.07) is 14.4. The van der Waals surface area contributed by atoms with Crippen molar-refractivity contribution in [3.63, 3.8) is 0 Å². The summed E-state index contributed by atoms with van der Waals surface area (Å²) in [6.45, 7) is 1.94. The largest absolute Gasteiger partial charge is 0.369 e. The van der Waals surface area contributed by atoms with Crippen molar-refractivity contribution in [3.8, 4) is 0 Å². The molecule has 0 radical (unpaired) electrons. The normalized spacial score (nSPS) is 17.9. The van der Waals surface area contributed by atoms with E-state index in [-0.39, 0.29) is 11.9 Å². The second-order valence-electron chi connectivity index (χ2n) is 6.14. The molecule has 1 fully saturated rings. The second-order valence-corrected chi connectivity index (χ2v) is 6.14. The minimum absolute atomic E-state index is 0.0479. The molecule has 1 saturated heterocycles. The van der Waals surface area contributed by atoms with E-state index >= 15 is 0 Å². The lowest BCUT2D eigenvalue weighted by Crippen LogP contribution is -2.48. The number of piperidine rings is 1. The van der Waals surface area contributed by atoms with E-state index in [0.29, 0.717) is 0 Å². The first-order valence-corrected chi connectivity index (χ1v) is 8.39. The van der Waals surface area contributed by atoms with Crippen LogP contribution in [-0.2, 0) is 4.79 Å². The Morgan fingerprint density at radius 2 is 1.96 bits per heavy atom. The third-order valence-corrected chi connectivity index (χ3v) is 4.54. The number of para-hydroxylation sites is 1. The number of carbonyl (C=O) groups is 1. The third-order valence-electron chi connectivity index (χ3n) is 4.54. The molecule has 4 nitrogen and oxygen atoms in total. The van der Waals surface area contributed by atoms with Gasteiger partial charge in [-0.2, -0.15) is 0 Å². The first kappa shape index (κ1) is 16.2. The molecule has 1 atom stereocenters. The average Bonchev–Trinajstić information content (AvgIpc) is 2.67. The second kappa shape index (κ2) is 7.77. The van der Waals surface area contributed by atoms with Gasteiger partial charge in [-0.1, -0.05) is 18.2 Å².